The van der Waals surface area contributed by atoms with Gasteiger partial charge in [-0.05, 0) is 48.5 Å². The number of benzene rings is 3. The Balaban J connectivity index is 1.40. The van der Waals surface area contributed by atoms with E-state index in [-0.39, 0.29) is 24.2 Å². The number of para-hydroxylation sites is 2. The van der Waals surface area contributed by atoms with Crippen molar-refractivity contribution >= 4 is 34.3 Å². The van der Waals surface area contributed by atoms with Crippen molar-refractivity contribution in [3.63, 3.8) is 0 Å². The van der Waals surface area contributed by atoms with Crippen LogP contribution in [0.3, 0.4) is 0 Å². The number of carbonyl (C=O) groups excluding carboxylic acids is 2. The molecule has 0 atom stereocenters. The third kappa shape index (κ3) is 5.17. The van der Waals surface area contributed by atoms with Crippen LogP contribution in [0.25, 0.3) is 11.1 Å². The average Bonchev–Trinajstić information content (AvgIpc) is 3.12. The van der Waals surface area contributed by atoms with E-state index in [1.54, 1.807) is 30.3 Å². The lowest BCUT2D eigenvalue weighted by molar-refractivity contribution is -0.137. The first-order chi connectivity index (χ1) is 16.2. The molecule has 4 aromatic rings. The first-order valence-electron chi connectivity index (χ1n) is 10.2. The van der Waals surface area contributed by atoms with Gasteiger partial charge in [0.25, 0.3) is 5.91 Å². The molecule has 0 spiro atoms. The van der Waals surface area contributed by atoms with Crippen LogP contribution >= 0.6 is 0 Å². The van der Waals surface area contributed by atoms with E-state index in [0.717, 1.165) is 12.1 Å². The van der Waals surface area contributed by atoms with Crippen LogP contribution in [0.4, 0.5) is 24.5 Å². The number of oxazole rings is 1. The van der Waals surface area contributed by atoms with Crippen LogP contribution in [0.1, 0.15) is 22.3 Å². The predicted octanol–water partition coefficient (Wildman–Crippen LogP) is 4.89. The van der Waals surface area contributed by atoms with E-state index in [1.807, 2.05) is 0 Å². The molecule has 0 saturated carbocycles. The molecular weight excluding hydrogens is 451 g/mol. The van der Waals surface area contributed by atoms with Crippen molar-refractivity contribution in [3.05, 3.63) is 94.5 Å². The van der Waals surface area contributed by atoms with Gasteiger partial charge in [0.1, 0.15) is 0 Å². The lowest BCUT2D eigenvalue weighted by atomic mass is 10.1. The zero-order valence-corrected chi connectivity index (χ0v) is 17.6. The minimum absolute atomic E-state index is 0.00737. The standard InChI is InChI=1S/C24H18F3N3O4/c25-24(26,27)16-6-4-8-18(14-16)29-22(32)15-5-3-7-17(13-15)28-21(31)11-12-30-19-9-1-2-10-20(19)34-23(30)33/h1-10,13-14H,11-12H2,(H,28,31)(H,29,32). The Morgan fingerprint density at radius 1 is 0.882 bits per heavy atom. The van der Waals surface area contributed by atoms with Gasteiger partial charge in [0.15, 0.2) is 5.58 Å². The highest BCUT2D eigenvalue weighted by Crippen LogP contribution is 2.30. The summed E-state index contributed by atoms with van der Waals surface area (Å²) in [6, 6.07) is 17.1. The van der Waals surface area contributed by atoms with Crippen molar-refractivity contribution in [1.82, 2.24) is 4.57 Å². The molecule has 0 saturated heterocycles. The normalized spacial score (nSPS) is 11.4. The highest BCUT2D eigenvalue weighted by Gasteiger charge is 2.30. The summed E-state index contributed by atoms with van der Waals surface area (Å²) >= 11 is 0. The average molecular weight is 469 g/mol. The highest BCUT2D eigenvalue weighted by molar-refractivity contribution is 6.05. The molecule has 0 bridgehead atoms. The number of aromatic nitrogens is 1. The highest BCUT2D eigenvalue weighted by atomic mass is 19.4. The van der Waals surface area contributed by atoms with Crippen LogP contribution < -0.4 is 16.4 Å². The molecule has 0 radical (unpaired) electrons. The fraction of sp³-hybridized carbons (Fsp3) is 0.125. The van der Waals surface area contributed by atoms with Gasteiger partial charge in [-0.2, -0.15) is 13.2 Å². The largest absolute Gasteiger partial charge is 0.419 e. The Morgan fingerprint density at radius 3 is 2.35 bits per heavy atom. The van der Waals surface area contributed by atoms with Gasteiger partial charge in [-0.25, -0.2) is 4.79 Å². The van der Waals surface area contributed by atoms with E-state index in [1.165, 1.54) is 34.9 Å². The number of fused-ring (bicyclic) bond motifs is 1. The van der Waals surface area contributed by atoms with E-state index in [9.17, 15) is 27.6 Å². The third-order valence-electron chi connectivity index (χ3n) is 4.99. The Morgan fingerprint density at radius 2 is 1.59 bits per heavy atom. The summed E-state index contributed by atoms with van der Waals surface area (Å²) < 4.78 is 45.1. The maximum atomic E-state index is 12.9. The lowest BCUT2D eigenvalue weighted by Gasteiger charge is -2.11. The molecule has 4 rings (SSSR count). The summed E-state index contributed by atoms with van der Waals surface area (Å²) in [5.41, 5.74) is 0.585. The van der Waals surface area contributed by atoms with Crippen molar-refractivity contribution in [3.8, 4) is 0 Å². The van der Waals surface area contributed by atoms with Gasteiger partial charge in [0.2, 0.25) is 5.91 Å². The number of alkyl halides is 3. The van der Waals surface area contributed by atoms with E-state index < -0.39 is 29.3 Å². The van der Waals surface area contributed by atoms with Gasteiger partial charge in [0.05, 0.1) is 11.1 Å². The minimum atomic E-state index is -4.53. The molecule has 0 aliphatic rings. The number of nitrogens with zero attached hydrogens (tertiary/aromatic N) is 1. The zero-order valence-electron chi connectivity index (χ0n) is 17.6. The van der Waals surface area contributed by atoms with E-state index in [2.05, 4.69) is 10.6 Å². The molecule has 3 aromatic carbocycles. The van der Waals surface area contributed by atoms with Gasteiger partial charge in [0, 0.05) is 29.9 Å². The number of carbonyl (C=O) groups is 2. The van der Waals surface area contributed by atoms with E-state index >= 15 is 0 Å². The second-order valence-electron chi connectivity index (χ2n) is 7.40. The summed E-state index contributed by atoms with van der Waals surface area (Å²) in [5.74, 6) is -1.60. The summed E-state index contributed by atoms with van der Waals surface area (Å²) in [7, 11) is 0. The molecule has 34 heavy (non-hydrogen) atoms. The topological polar surface area (TPSA) is 93.3 Å². The molecule has 2 N–H and O–H groups in total. The van der Waals surface area contributed by atoms with Gasteiger partial charge in [-0.15, -0.1) is 0 Å². The van der Waals surface area contributed by atoms with Crippen LogP contribution in [0.2, 0.25) is 0 Å². The van der Waals surface area contributed by atoms with Crippen LogP contribution in [0, 0.1) is 0 Å². The number of nitrogens with one attached hydrogen (secondary N) is 2. The molecule has 174 valence electrons. The van der Waals surface area contributed by atoms with E-state index in [0.29, 0.717) is 16.8 Å². The van der Waals surface area contributed by atoms with Crippen LogP contribution in [0.15, 0.2) is 82.0 Å². The molecule has 10 heteroatoms. The number of halogens is 3. The number of amides is 2. The quantitative estimate of drug-likeness (QED) is 0.420. The zero-order chi connectivity index (χ0) is 24.3. The molecule has 1 aromatic heterocycles. The van der Waals surface area contributed by atoms with Crippen molar-refractivity contribution in [2.75, 3.05) is 10.6 Å². The Bertz CT molecular complexity index is 1420. The number of anilines is 2. The smallest absolute Gasteiger partial charge is 0.408 e. The van der Waals surface area contributed by atoms with Crippen molar-refractivity contribution in [2.24, 2.45) is 0 Å². The van der Waals surface area contributed by atoms with Crippen LogP contribution in [-0.2, 0) is 17.5 Å². The molecule has 0 fully saturated rings. The number of hydrogen-bond donors (Lipinski definition) is 2. The van der Waals surface area contributed by atoms with Crippen molar-refractivity contribution in [1.29, 1.82) is 0 Å². The molecule has 0 aliphatic heterocycles. The monoisotopic (exact) mass is 469 g/mol. The molecule has 1 heterocycles. The van der Waals surface area contributed by atoms with Crippen LogP contribution in [0.5, 0.6) is 0 Å². The second-order valence-corrected chi connectivity index (χ2v) is 7.40. The second kappa shape index (κ2) is 9.26. The van der Waals surface area contributed by atoms with Crippen molar-refractivity contribution in [2.45, 2.75) is 19.1 Å². The third-order valence-corrected chi connectivity index (χ3v) is 4.99. The van der Waals surface area contributed by atoms with Crippen LogP contribution in [-0.4, -0.2) is 16.4 Å². The summed E-state index contributed by atoms with van der Waals surface area (Å²) in [5, 5.41) is 5.06. The first-order valence-corrected chi connectivity index (χ1v) is 10.2. The summed E-state index contributed by atoms with van der Waals surface area (Å²) in [4.78, 5) is 36.9. The molecule has 7 nitrogen and oxygen atoms in total. The molecule has 0 unspecified atom stereocenters. The Labute approximate surface area is 190 Å². The van der Waals surface area contributed by atoms with Gasteiger partial charge in [-0.3, -0.25) is 14.2 Å². The number of hydrogen-bond acceptors (Lipinski definition) is 4. The number of aryl methyl sites for hydroxylation is 1. The summed E-state index contributed by atoms with van der Waals surface area (Å²) in [6.45, 7) is 0.0946. The predicted molar refractivity (Wildman–Crippen MR) is 120 cm³/mol. The lowest BCUT2D eigenvalue weighted by Crippen LogP contribution is -2.20. The molecule has 2 amide bonds. The first kappa shape index (κ1) is 22.8. The SMILES string of the molecule is O=C(CCn1c(=O)oc2ccccc21)Nc1cccc(C(=O)Nc2cccc(C(F)(F)F)c2)c1. The minimum Gasteiger partial charge on any atom is -0.408 e. The fourth-order valence-electron chi connectivity index (χ4n) is 3.38. The Kier molecular flexibility index (Phi) is 6.22. The maximum absolute atomic E-state index is 12.9. The maximum Gasteiger partial charge on any atom is 0.419 e. The fourth-order valence-corrected chi connectivity index (χ4v) is 3.38. The van der Waals surface area contributed by atoms with Gasteiger partial charge >= 0.3 is 11.9 Å². The molecular formula is C24H18F3N3O4. The van der Waals surface area contributed by atoms with E-state index in [4.69, 9.17) is 4.42 Å². The van der Waals surface area contributed by atoms with Gasteiger partial charge < -0.3 is 15.1 Å². The number of rotatable bonds is 6. The van der Waals surface area contributed by atoms with Gasteiger partial charge in [-0.1, -0.05) is 24.3 Å². The Hall–Kier alpha value is -4.34. The summed E-state index contributed by atoms with van der Waals surface area (Å²) in [6.07, 6.45) is -4.55. The molecule has 0 aliphatic carbocycles. The van der Waals surface area contributed by atoms with Crippen molar-refractivity contribution < 1.29 is 27.2 Å².